The molecule has 0 unspecified atom stereocenters. The standard InChI is InChI=1S/C21H27NO2/c1-6-13-11-14-12-15-17-16(18(14)24-19(13)23)21(4,5)8-10-22(17)9-7-20(15,2)3/h11-12H,6-10H2,1-5H3. The Balaban J connectivity index is 2.18. The van der Waals surface area contributed by atoms with E-state index in [0.717, 1.165) is 36.0 Å². The Morgan fingerprint density at radius 2 is 1.75 bits per heavy atom. The minimum absolute atomic E-state index is 0.0250. The molecule has 2 aromatic rings. The van der Waals surface area contributed by atoms with Crippen LogP contribution in [-0.2, 0) is 17.3 Å². The van der Waals surface area contributed by atoms with Crippen LogP contribution in [0.2, 0.25) is 0 Å². The average molecular weight is 325 g/mol. The van der Waals surface area contributed by atoms with Crippen molar-refractivity contribution < 1.29 is 4.42 Å². The number of aryl methyl sites for hydroxylation is 1. The van der Waals surface area contributed by atoms with E-state index < -0.39 is 0 Å². The molecule has 0 radical (unpaired) electrons. The molecule has 0 spiro atoms. The Morgan fingerprint density at radius 3 is 2.42 bits per heavy atom. The lowest BCUT2D eigenvalue weighted by Gasteiger charge is -2.48. The molecule has 0 aliphatic carbocycles. The lowest BCUT2D eigenvalue weighted by Crippen LogP contribution is -2.44. The molecule has 3 heteroatoms. The van der Waals surface area contributed by atoms with E-state index in [1.807, 2.05) is 6.92 Å². The number of hydrogen-bond donors (Lipinski definition) is 0. The van der Waals surface area contributed by atoms with E-state index in [2.05, 4.69) is 44.7 Å². The van der Waals surface area contributed by atoms with Gasteiger partial charge >= 0.3 is 5.63 Å². The Bertz CT molecular complexity index is 887. The second kappa shape index (κ2) is 4.87. The van der Waals surface area contributed by atoms with Gasteiger partial charge in [0, 0.05) is 35.3 Å². The van der Waals surface area contributed by atoms with Gasteiger partial charge in [-0.25, -0.2) is 4.79 Å². The molecule has 0 saturated carbocycles. The van der Waals surface area contributed by atoms with Crippen LogP contribution in [0.25, 0.3) is 11.0 Å². The van der Waals surface area contributed by atoms with Gasteiger partial charge in [0.1, 0.15) is 5.58 Å². The largest absolute Gasteiger partial charge is 0.422 e. The fourth-order valence-electron chi connectivity index (χ4n) is 4.44. The van der Waals surface area contributed by atoms with Crippen LogP contribution < -0.4 is 10.5 Å². The first kappa shape index (κ1) is 15.7. The highest BCUT2D eigenvalue weighted by Crippen LogP contribution is 2.51. The Labute approximate surface area is 143 Å². The SMILES string of the molecule is CCc1cc2cc3c4c(c2oc1=O)C(C)(C)CCN4CCC3(C)C. The highest BCUT2D eigenvalue weighted by atomic mass is 16.4. The quantitative estimate of drug-likeness (QED) is 0.723. The van der Waals surface area contributed by atoms with Crippen LogP contribution in [0.5, 0.6) is 0 Å². The monoisotopic (exact) mass is 325 g/mol. The van der Waals surface area contributed by atoms with Gasteiger partial charge in [-0.1, -0.05) is 34.6 Å². The summed E-state index contributed by atoms with van der Waals surface area (Å²) in [6.45, 7) is 13.4. The molecule has 1 aromatic heterocycles. The number of rotatable bonds is 1. The molecule has 1 aromatic carbocycles. The van der Waals surface area contributed by atoms with E-state index in [1.165, 1.54) is 23.2 Å². The van der Waals surface area contributed by atoms with Crippen LogP contribution in [0.4, 0.5) is 5.69 Å². The van der Waals surface area contributed by atoms with Gasteiger partial charge < -0.3 is 9.32 Å². The highest BCUT2D eigenvalue weighted by molar-refractivity contribution is 5.90. The predicted molar refractivity (Wildman–Crippen MR) is 99.4 cm³/mol. The van der Waals surface area contributed by atoms with E-state index in [1.54, 1.807) is 0 Å². The first-order valence-corrected chi connectivity index (χ1v) is 9.14. The number of nitrogens with zero attached hydrogens (tertiary/aromatic N) is 1. The molecule has 0 atom stereocenters. The maximum atomic E-state index is 12.4. The average Bonchev–Trinajstić information content (AvgIpc) is 2.51. The van der Waals surface area contributed by atoms with Gasteiger partial charge in [-0.3, -0.25) is 0 Å². The first-order chi connectivity index (χ1) is 11.2. The Kier molecular flexibility index (Phi) is 3.20. The van der Waals surface area contributed by atoms with Crippen molar-refractivity contribution in [2.45, 2.75) is 64.7 Å². The van der Waals surface area contributed by atoms with E-state index in [0.29, 0.717) is 6.42 Å². The molecule has 0 saturated heterocycles. The Morgan fingerprint density at radius 1 is 1.08 bits per heavy atom. The zero-order chi connectivity index (χ0) is 17.3. The van der Waals surface area contributed by atoms with Crippen molar-refractivity contribution in [3.05, 3.63) is 39.2 Å². The molecule has 128 valence electrons. The fraction of sp³-hybridized carbons (Fsp3) is 0.571. The third-order valence-corrected chi connectivity index (χ3v) is 6.18. The van der Waals surface area contributed by atoms with Crippen molar-refractivity contribution in [1.82, 2.24) is 0 Å². The molecule has 2 aliphatic heterocycles. The molecular formula is C21H27NO2. The van der Waals surface area contributed by atoms with Crippen molar-refractivity contribution in [3.8, 4) is 0 Å². The van der Waals surface area contributed by atoms with Crippen molar-refractivity contribution in [1.29, 1.82) is 0 Å². The van der Waals surface area contributed by atoms with Gasteiger partial charge in [0.15, 0.2) is 0 Å². The lowest BCUT2D eigenvalue weighted by molar-refractivity contribution is 0.398. The third kappa shape index (κ3) is 2.06. The second-order valence-corrected chi connectivity index (χ2v) is 8.73. The van der Waals surface area contributed by atoms with Gasteiger partial charge in [0.25, 0.3) is 0 Å². The van der Waals surface area contributed by atoms with Crippen LogP contribution in [0.15, 0.2) is 21.3 Å². The summed E-state index contributed by atoms with van der Waals surface area (Å²) in [5.41, 5.74) is 5.58. The summed E-state index contributed by atoms with van der Waals surface area (Å²) in [7, 11) is 0. The zero-order valence-electron chi connectivity index (χ0n) is 15.5. The number of hydrogen-bond acceptors (Lipinski definition) is 3. The normalized spacial score (nSPS) is 21.0. The van der Waals surface area contributed by atoms with Gasteiger partial charge in [0.2, 0.25) is 0 Å². The maximum Gasteiger partial charge on any atom is 0.339 e. The topological polar surface area (TPSA) is 33.5 Å². The minimum atomic E-state index is -0.177. The molecular weight excluding hydrogens is 298 g/mol. The predicted octanol–water partition coefficient (Wildman–Crippen LogP) is 4.52. The summed E-state index contributed by atoms with van der Waals surface area (Å²) in [4.78, 5) is 14.9. The Hall–Kier alpha value is -1.77. The summed E-state index contributed by atoms with van der Waals surface area (Å²) in [6, 6.07) is 4.33. The summed E-state index contributed by atoms with van der Waals surface area (Å²) in [5.74, 6) is 0. The van der Waals surface area contributed by atoms with Crippen LogP contribution in [0.1, 0.15) is 64.2 Å². The van der Waals surface area contributed by atoms with E-state index in [4.69, 9.17) is 4.42 Å². The van der Waals surface area contributed by atoms with Crippen LogP contribution in [0, 0.1) is 0 Å². The van der Waals surface area contributed by atoms with E-state index >= 15 is 0 Å². The molecule has 24 heavy (non-hydrogen) atoms. The van der Waals surface area contributed by atoms with Crippen molar-refractivity contribution >= 4 is 16.7 Å². The van der Waals surface area contributed by atoms with Crippen LogP contribution in [0.3, 0.4) is 0 Å². The van der Waals surface area contributed by atoms with Crippen molar-refractivity contribution in [2.24, 2.45) is 0 Å². The lowest BCUT2D eigenvalue weighted by atomic mass is 9.69. The molecule has 3 heterocycles. The molecule has 0 N–H and O–H groups in total. The summed E-state index contributed by atoms with van der Waals surface area (Å²) in [6.07, 6.45) is 2.98. The van der Waals surface area contributed by atoms with Gasteiger partial charge in [-0.05, 0) is 47.8 Å². The molecule has 0 amide bonds. The molecule has 4 rings (SSSR count). The number of anilines is 1. The number of fused-ring (bicyclic) bond motifs is 2. The molecule has 2 aliphatic rings. The van der Waals surface area contributed by atoms with Gasteiger partial charge in [-0.15, -0.1) is 0 Å². The summed E-state index contributed by atoms with van der Waals surface area (Å²) in [5, 5.41) is 1.09. The second-order valence-electron chi connectivity index (χ2n) is 8.73. The van der Waals surface area contributed by atoms with E-state index in [-0.39, 0.29) is 16.5 Å². The van der Waals surface area contributed by atoms with Gasteiger partial charge in [0.05, 0.1) is 0 Å². The minimum Gasteiger partial charge on any atom is -0.422 e. The van der Waals surface area contributed by atoms with Crippen molar-refractivity contribution in [3.63, 3.8) is 0 Å². The highest BCUT2D eigenvalue weighted by Gasteiger charge is 2.41. The summed E-state index contributed by atoms with van der Waals surface area (Å²) >= 11 is 0. The number of benzene rings is 1. The first-order valence-electron chi connectivity index (χ1n) is 9.14. The van der Waals surface area contributed by atoms with Crippen LogP contribution >= 0.6 is 0 Å². The van der Waals surface area contributed by atoms with E-state index in [9.17, 15) is 4.79 Å². The molecule has 3 nitrogen and oxygen atoms in total. The molecule has 0 fully saturated rings. The van der Waals surface area contributed by atoms with Crippen LogP contribution in [-0.4, -0.2) is 13.1 Å². The zero-order valence-corrected chi connectivity index (χ0v) is 15.5. The molecule has 0 bridgehead atoms. The van der Waals surface area contributed by atoms with Gasteiger partial charge in [-0.2, -0.15) is 0 Å². The maximum absolute atomic E-state index is 12.4. The van der Waals surface area contributed by atoms with Crippen molar-refractivity contribution in [2.75, 3.05) is 18.0 Å². The smallest absolute Gasteiger partial charge is 0.339 e. The third-order valence-electron chi connectivity index (χ3n) is 6.18. The fourth-order valence-corrected chi connectivity index (χ4v) is 4.44. The summed E-state index contributed by atoms with van der Waals surface area (Å²) < 4.78 is 5.88.